The van der Waals surface area contributed by atoms with Gasteiger partial charge in [0, 0.05) is 28.5 Å². The number of rotatable bonds is 4. The van der Waals surface area contributed by atoms with Gasteiger partial charge in [-0.15, -0.1) is 0 Å². The molecule has 2 atom stereocenters. The second-order valence-corrected chi connectivity index (χ2v) is 6.05. The average Bonchev–Trinajstić information content (AvgIpc) is 3.34. The lowest BCUT2D eigenvalue weighted by Gasteiger charge is -2.21. The molecule has 1 aromatic carbocycles. The molecule has 0 aliphatic heterocycles. The highest BCUT2D eigenvalue weighted by atomic mass is 35.5. The Labute approximate surface area is 131 Å². The molecule has 1 saturated carbocycles. The van der Waals surface area contributed by atoms with E-state index in [1.54, 1.807) is 13.3 Å². The van der Waals surface area contributed by atoms with E-state index in [2.05, 4.69) is 24.4 Å². The maximum atomic E-state index is 6.48. The fourth-order valence-corrected chi connectivity index (χ4v) is 3.09. The Hall–Kier alpha value is -1.54. The molecule has 0 saturated heterocycles. The van der Waals surface area contributed by atoms with Gasteiger partial charge in [-0.2, -0.15) is 0 Å². The third-order valence-electron chi connectivity index (χ3n) is 4.30. The van der Waals surface area contributed by atoms with Crippen LogP contribution in [0, 0.1) is 19.3 Å². The Balaban J connectivity index is 2.21. The summed E-state index contributed by atoms with van der Waals surface area (Å²) in [5.74, 6) is 1.99. The SMILES string of the molecule is COc1c(C(C)C2[CH]C2)cc(Cl)c(C)c1-c1cccnc1. The number of methoxy groups -OCH3 is 1. The zero-order chi connectivity index (χ0) is 15.0. The predicted molar refractivity (Wildman–Crippen MR) is 86.8 cm³/mol. The van der Waals surface area contributed by atoms with Crippen LogP contribution in [0.3, 0.4) is 0 Å². The van der Waals surface area contributed by atoms with Gasteiger partial charge in [0.25, 0.3) is 0 Å². The third kappa shape index (κ3) is 2.65. The summed E-state index contributed by atoms with van der Waals surface area (Å²) in [6.45, 7) is 4.27. The van der Waals surface area contributed by atoms with E-state index in [0.717, 1.165) is 27.5 Å². The first kappa shape index (κ1) is 14.4. The van der Waals surface area contributed by atoms with Gasteiger partial charge in [0.05, 0.1) is 7.11 Å². The van der Waals surface area contributed by atoms with Crippen molar-refractivity contribution < 1.29 is 4.74 Å². The van der Waals surface area contributed by atoms with E-state index in [1.807, 2.05) is 25.3 Å². The van der Waals surface area contributed by atoms with Gasteiger partial charge in [-0.05, 0) is 54.9 Å². The summed E-state index contributed by atoms with van der Waals surface area (Å²) in [7, 11) is 1.73. The van der Waals surface area contributed by atoms with Gasteiger partial charge >= 0.3 is 0 Å². The maximum absolute atomic E-state index is 6.48. The summed E-state index contributed by atoms with van der Waals surface area (Å²) in [4.78, 5) is 4.22. The number of ether oxygens (including phenoxy) is 1. The van der Waals surface area contributed by atoms with Crippen LogP contribution in [0.15, 0.2) is 30.6 Å². The van der Waals surface area contributed by atoms with Crippen molar-refractivity contribution in [2.45, 2.75) is 26.2 Å². The summed E-state index contributed by atoms with van der Waals surface area (Å²) in [5, 5.41) is 0.789. The first-order valence-electron chi connectivity index (χ1n) is 7.24. The maximum Gasteiger partial charge on any atom is 0.130 e. The lowest BCUT2D eigenvalue weighted by Crippen LogP contribution is -2.03. The molecule has 0 spiro atoms. The Bertz CT molecular complexity index is 650. The standard InChI is InChI=1S/C18H19ClNO/c1-11(13-6-7-13)15-9-16(19)12(2)17(18(15)21-3)14-5-4-8-20-10-14/h4-6,8-11,13H,7H2,1-3H3. The monoisotopic (exact) mass is 300 g/mol. The number of halogens is 1. The van der Waals surface area contributed by atoms with Crippen molar-refractivity contribution in [3.05, 3.63) is 53.2 Å². The molecular weight excluding hydrogens is 282 g/mol. The van der Waals surface area contributed by atoms with Gasteiger partial charge in [0.15, 0.2) is 0 Å². The van der Waals surface area contributed by atoms with Gasteiger partial charge in [0.2, 0.25) is 0 Å². The zero-order valence-corrected chi connectivity index (χ0v) is 13.3. The van der Waals surface area contributed by atoms with E-state index >= 15 is 0 Å². The van der Waals surface area contributed by atoms with Crippen LogP contribution in [0.4, 0.5) is 0 Å². The topological polar surface area (TPSA) is 22.1 Å². The quantitative estimate of drug-likeness (QED) is 0.788. The van der Waals surface area contributed by atoms with Crippen LogP contribution in [0.2, 0.25) is 5.02 Å². The highest BCUT2D eigenvalue weighted by molar-refractivity contribution is 6.32. The molecule has 1 aliphatic rings. The second kappa shape index (κ2) is 5.69. The number of benzene rings is 1. The van der Waals surface area contributed by atoms with E-state index in [-0.39, 0.29) is 0 Å². The van der Waals surface area contributed by atoms with E-state index in [0.29, 0.717) is 11.8 Å². The Morgan fingerprint density at radius 2 is 2.19 bits per heavy atom. The number of nitrogens with zero attached hydrogens (tertiary/aromatic N) is 1. The summed E-state index contributed by atoms with van der Waals surface area (Å²) < 4.78 is 5.77. The predicted octanol–water partition coefficient (Wildman–Crippen LogP) is 5.05. The first-order valence-corrected chi connectivity index (χ1v) is 7.62. The Kier molecular flexibility index (Phi) is 3.90. The van der Waals surface area contributed by atoms with E-state index in [9.17, 15) is 0 Å². The molecule has 0 amide bonds. The molecule has 1 heterocycles. The molecule has 0 bridgehead atoms. The van der Waals surface area contributed by atoms with Gasteiger partial charge in [-0.3, -0.25) is 4.98 Å². The lowest BCUT2D eigenvalue weighted by atomic mass is 9.89. The molecule has 2 aromatic rings. The number of pyridine rings is 1. The number of hydrogen-bond donors (Lipinski definition) is 0. The van der Waals surface area contributed by atoms with Crippen LogP contribution in [0.25, 0.3) is 11.1 Å². The minimum Gasteiger partial charge on any atom is -0.496 e. The first-order chi connectivity index (χ1) is 10.1. The summed E-state index contributed by atoms with van der Waals surface area (Å²) >= 11 is 6.48. The van der Waals surface area contributed by atoms with Gasteiger partial charge < -0.3 is 4.74 Å². The molecule has 1 aliphatic carbocycles. The third-order valence-corrected chi connectivity index (χ3v) is 4.69. The van der Waals surface area contributed by atoms with Gasteiger partial charge in [-0.1, -0.05) is 24.6 Å². The van der Waals surface area contributed by atoms with Crippen molar-refractivity contribution in [3.8, 4) is 16.9 Å². The second-order valence-electron chi connectivity index (χ2n) is 5.65. The molecule has 2 nitrogen and oxygen atoms in total. The van der Waals surface area contributed by atoms with Crippen LogP contribution in [0.5, 0.6) is 5.75 Å². The van der Waals surface area contributed by atoms with E-state index in [4.69, 9.17) is 16.3 Å². The fraction of sp³-hybridized carbons (Fsp3) is 0.333. The number of hydrogen-bond acceptors (Lipinski definition) is 2. The molecule has 2 unspecified atom stereocenters. The highest BCUT2D eigenvalue weighted by Crippen LogP contribution is 2.48. The van der Waals surface area contributed by atoms with Crippen molar-refractivity contribution in [2.75, 3.05) is 7.11 Å². The summed E-state index contributed by atoms with van der Waals surface area (Å²) in [5.41, 5.74) is 4.33. The number of aromatic nitrogens is 1. The molecule has 1 radical (unpaired) electrons. The minimum absolute atomic E-state index is 0.425. The van der Waals surface area contributed by atoms with Crippen LogP contribution < -0.4 is 4.74 Å². The van der Waals surface area contributed by atoms with Crippen molar-refractivity contribution in [1.82, 2.24) is 4.98 Å². The van der Waals surface area contributed by atoms with Gasteiger partial charge in [-0.25, -0.2) is 0 Å². The lowest BCUT2D eigenvalue weighted by molar-refractivity contribution is 0.406. The Morgan fingerprint density at radius 1 is 1.43 bits per heavy atom. The average molecular weight is 301 g/mol. The van der Waals surface area contributed by atoms with E-state index in [1.165, 1.54) is 12.0 Å². The normalized spacial score (nSPS) is 15.8. The fourth-order valence-electron chi connectivity index (χ4n) is 2.88. The molecule has 21 heavy (non-hydrogen) atoms. The van der Waals surface area contributed by atoms with Crippen molar-refractivity contribution in [1.29, 1.82) is 0 Å². The highest BCUT2D eigenvalue weighted by Gasteiger charge is 2.32. The van der Waals surface area contributed by atoms with Crippen LogP contribution in [-0.4, -0.2) is 12.1 Å². The van der Waals surface area contributed by atoms with Crippen molar-refractivity contribution in [3.63, 3.8) is 0 Å². The van der Waals surface area contributed by atoms with Gasteiger partial charge in [0.1, 0.15) is 5.75 Å². The van der Waals surface area contributed by atoms with Crippen LogP contribution in [-0.2, 0) is 0 Å². The van der Waals surface area contributed by atoms with Crippen LogP contribution in [0.1, 0.15) is 30.4 Å². The minimum atomic E-state index is 0.425. The largest absolute Gasteiger partial charge is 0.496 e. The molecule has 3 rings (SSSR count). The molecule has 0 N–H and O–H groups in total. The molecular formula is C18H19ClNO. The summed E-state index contributed by atoms with van der Waals surface area (Å²) in [6.07, 6.45) is 7.15. The molecule has 3 heteroatoms. The smallest absolute Gasteiger partial charge is 0.130 e. The van der Waals surface area contributed by atoms with E-state index < -0.39 is 0 Å². The molecule has 1 aromatic heterocycles. The Morgan fingerprint density at radius 3 is 2.76 bits per heavy atom. The zero-order valence-electron chi connectivity index (χ0n) is 12.6. The van der Waals surface area contributed by atoms with Crippen molar-refractivity contribution in [2.24, 2.45) is 5.92 Å². The summed E-state index contributed by atoms with van der Waals surface area (Å²) in [6, 6.07) is 6.05. The molecule has 1 fully saturated rings. The van der Waals surface area contributed by atoms with Crippen LogP contribution >= 0.6 is 11.6 Å². The molecule has 109 valence electrons. The van der Waals surface area contributed by atoms with Crippen molar-refractivity contribution >= 4 is 11.6 Å².